The lowest BCUT2D eigenvalue weighted by Gasteiger charge is -2.18. The highest BCUT2D eigenvalue weighted by Crippen LogP contribution is 2.11. The first-order chi connectivity index (χ1) is 9.95. The average molecular weight is 401 g/mol. The number of primary amides is 1. The Balaban J connectivity index is 2.00. The molecule has 2 rings (SSSR count). The van der Waals surface area contributed by atoms with Crippen molar-refractivity contribution in [2.24, 2.45) is 5.73 Å². The molecule has 1 aliphatic rings. The molecular formula is C14H16IN3O3. The Bertz CT molecular complexity index is 576. The van der Waals surface area contributed by atoms with Crippen LogP contribution in [0.15, 0.2) is 24.3 Å². The van der Waals surface area contributed by atoms with Crippen molar-refractivity contribution < 1.29 is 14.4 Å². The molecule has 21 heavy (non-hydrogen) atoms. The van der Waals surface area contributed by atoms with Crippen molar-refractivity contribution in [2.45, 2.75) is 31.3 Å². The Morgan fingerprint density at radius 2 is 2.24 bits per heavy atom. The molecule has 1 aliphatic heterocycles. The van der Waals surface area contributed by atoms with E-state index < -0.39 is 18.0 Å². The Morgan fingerprint density at radius 1 is 1.48 bits per heavy atom. The Morgan fingerprint density at radius 3 is 2.81 bits per heavy atom. The van der Waals surface area contributed by atoms with Crippen molar-refractivity contribution in [3.8, 4) is 0 Å². The molecule has 0 spiro atoms. The maximum Gasteiger partial charge on any atom is 0.243 e. The van der Waals surface area contributed by atoms with Gasteiger partial charge in [-0.3, -0.25) is 14.4 Å². The van der Waals surface area contributed by atoms with E-state index in [4.69, 9.17) is 5.73 Å². The summed E-state index contributed by atoms with van der Waals surface area (Å²) in [6.07, 6.45) is 1.11. The topological polar surface area (TPSA) is 101 Å². The van der Waals surface area contributed by atoms with Crippen LogP contribution in [0.1, 0.15) is 18.4 Å². The van der Waals surface area contributed by atoms with E-state index in [1.54, 1.807) is 0 Å². The summed E-state index contributed by atoms with van der Waals surface area (Å²) in [6.45, 7) is 0. The molecule has 0 aliphatic carbocycles. The summed E-state index contributed by atoms with van der Waals surface area (Å²) in [5.74, 6) is -1.11. The van der Waals surface area contributed by atoms with Gasteiger partial charge in [0.1, 0.15) is 12.1 Å². The third-order valence-corrected chi connectivity index (χ3v) is 3.97. The largest absolute Gasteiger partial charge is 0.368 e. The van der Waals surface area contributed by atoms with Gasteiger partial charge >= 0.3 is 0 Å². The zero-order valence-corrected chi connectivity index (χ0v) is 13.4. The van der Waals surface area contributed by atoms with Crippen molar-refractivity contribution in [1.82, 2.24) is 10.6 Å². The zero-order valence-electron chi connectivity index (χ0n) is 11.3. The number of carbonyl (C=O) groups is 3. The first kappa shape index (κ1) is 15.7. The molecule has 6 nitrogen and oxygen atoms in total. The minimum atomic E-state index is -0.784. The summed E-state index contributed by atoms with van der Waals surface area (Å²) in [7, 11) is 0. The molecule has 1 aromatic carbocycles. The van der Waals surface area contributed by atoms with Gasteiger partial charge in [-0.15, -0.1) is 0 Å². The van der Waals surface area contributed by atoms with Gasteiger partial charge in [0.25, 0.3) is 0 Å². The fourth-order valence-electron chi connectivity index (χ4n) is 2.21. The van der Waals surface area contributed by atoms with Crippen LogP contribution in [0, 0.1) is 3.57 Å². The Kier molecular flexibility index (Phi) is 5.16. The molecule has 1 fully saturated rings. The molecule has 1 aromatic rings. The molecule has 2 atom stereocenters. The van der Waals surface area contributed by atoms with E-state index in [0.29, 0.717) is 19.3 Å². The van der Waals surface area contributed by atoms with E-state index in [-0.39, 0.29) is 11.8 Å². The molecular weight excluding hydrogens is 385 g/mol. The summed E-state index contributed by atoms with van der Waals surface area (Å²) in [5, 5.41) is 5.18. The molecule has 112 valence electrons. The fraction of sp³-hybridized carbons (Fsp3) is 0.357. The van der Waals surface area contributed by atoms with Crippen LogP contribution < -0.4 is 16.4 Å². The zero-order chi connectivity index (χ0) is 15.4. The van der Waals surface area contributed by atoms with Gasteiger partial charge in [-0.05, 0) is 46.7 Å². The highest BCUT2D eigenvalue weighted by Gasteiger charge is 2.29. The van der Waals surface area contributed by atoms with Crippen LogP contribution in [0.2, 0.25) is 0 Å². The van der Waals surface area contributed by atoms with Crippen molar-refractivity contribution in [3.63, 3.8) is 0 Å². The molecule has 0 unspecified atom stereocenters. The number of amides is 3. The number of nitrogens with two attached hydrogens (primary N) is 1. The molecule has 1 saturated heterocycles. The highest BCUT2D eigenvalue weighted by molar-refractivity contribution is 14.1. The first-order valence-corrected chi connectivity index (χ1v) is 7.67. The smallest absolute Gasteiger partial charge is 0.243 e. The van der Waals surface area contributed by atoms with Crippen molar-refractivity contribution in [1.29, 1.82) is 0 Å². The second kappa shape index (κ2) is 6.88. The van der Waals surface area contributed by atoms with Crippen molar-refractivity contribution in [2.75, 3.05) is 0 Å². The Labute approximate surface area is 136 Å². The fourth-order valence-corrected chi connectivity index (χ4v) is 2.81. The van der Waals surface area contributed by atoms with Crippen LogP contribution >= 0.6 is 22.6 Å². The summed E-state index contributed by atoms with van der Waals surface area (Å²) >= 11 is 2.18. The number of hydrogen-bond acceptors (Lipinski definition) is 3. The predicted octanol–water partition coefficient (Wildman–Crippen LogP) is 0.0824. The van der Waals surface area contributed by atoms with E-state index in [1.807, 2.05) is 24.3 Å². The lowest BCUT2D eigenvalue weighted by atomic mass is 10.0. The lowest BCUT2D eigenvalue weighted by molar-refractivity contribution is -0.129. The number of nitrogens with one attached hydrogen (secondary N) is 2. The summed E-state index contributed by atoms with van der Waals surface area (Å²) < 4.78 is 1.04. The van der Waals surface area contributed by atoms with Gasteiger partial charge in [-0.2, -0.15) is 0 Å². The molecule has 3 amide bonds. The SMILES string of the molecule is NC(=O)[C@@H](Cc1cccc(I)c1)NC(=O)[C@@H]1CCC(=O)N1. The van der Waals surface area contributed by atoms with Crippen LogP contribution in [0.5, 0.6) is 0 Å². The number of halogens is 1. The van der Waals surface area contributed by atoms with Crippen LogP contribution in [0.3, 0.4) is 0 Å². The van der Waals surface area contributed by atoms with Crippen LogP contribution in [-0.2, 0) is 20.8 Å². The third-order valence-electron chi connectivity index (χ3n) is 3.30. The second-order valence-corrected chi connectivity index (χ2v) is 6.20. The minimum absolute atomic E-state index is 0.150. The molecule has 0 aromatic heterocycles. The van der Waals surface area contributed by atoms with Gasteiger partial charge in [0.2, 0.25) is 17.7 Å². The van der Waals surface area contributed by atoms with Crippen LogP contribution in [0.25, 0.3) is 0 Å². The van der Waals surface area contributed by atoms with E-state index in [0.717, 1.165) is 9.13 Å². The van der Waals surface area contributed by atoms with Crippen molar-refractivity contribution in [3.05, 3.63) is 33.4 Å². The molecule has 0 radical (unpaired) electrons. The second-order valence-electron chi connectivity index (χ2n) is 4.96. The van der Waals surface area contributed by atoms with E-state index in [1.165, 1.54) is 0 Å². The quantitative estimate of drug-likeness (QED) is 0.610. The summed E-state index contributed by atoms with van der Waals surface area (Å²) in [5.41, 5.74) is 6.27. The number of benzene rings is 1. The van der Waals surface area contributed by atoms with E-state index in [2.05, 4.69) is 33.2 Å². The molecule has 0 bridgehead atoms. The predicted molar refractivity (Wildman–Crippen MR) is 85.2 cm³/mol. The Hall–Kier alpha value is -1.64. The summed E-state index contributed by atoms with van der Waals surface area (Å²) in [6, 6.07) is 6.27. The van der Waals surface area contributed by atoms with Gasteiger partial charge in [-0.1, -0.05) is 12.1 Å². The van der Waals surface area contributed by atoms with Crippen LogP contribution in [-0.4, -0.2) is 29.8 Å². The molecule has 0 saturated carbocycles. The van der Waals surface area contributed by atoms with Crippen molar-refractivity contribution >= 4 is 40.3 Å². The molecule has 1 heterocycles. The van der Waals surface area contributed by atoms with E-state index in [9.17, 15) is 14.4 Å². The monoisotopic (exact) mass is 401 g/mol. The third kappa shape index (κ3) is 4.42. The van der Waals surface area contributed by atoms with E-state index >= 15 is 0 Å². The average Bonchev–Trinajstić information content (AvgIpc) is 2.84. The maximum atomic E-state index is 12.0. The van der Waals surface area contributed by atoms with Gasteiger partial charge in [0.05, 0.1) is 0 Å². The summed E-state index contributed by atoms with van der Waals surface area (Å²) in [4.78, 5) is 34.7. The highest BCUT2D eigenvalue weighted by atomic mass is 127. The molecule has 7 heteroatoms. The number of hydrogen-bond donors (Lipinski definition) is 3. The minimum Gasteiger partial charge on any atom is -0.368 e. The normalized spacial score (nSPS) is 18.9. The van der Waals surface area contributed by atoms with Gasteiger partial charge in [-0.25, -0.2) is 0 Å². The first-order valence-electron chi connectivity index (χ1n) is 6.59. The number of carbonyl (C=O) groups excluding carboxylic acids is 3. The molecule has 4 N–H and O–H groups in total. The lowest BCUT2D eigenvalue weighted by Crippen LogP contribution is -2.51. The van der Waals surface area contributed by atoms with Gasteiger partial charge in [0.15, 0.2) is 0 Å². The van der Waals surface area contributed by atoms with Gasteiger partial charge in [0, 0.05) is 16.4 Å². The van der Waals surface area contributed by atoms with Crippen LogP contribution in [0.4, 0.5) is 0 Å². The standard InChI is InChI=1S/C14H16IN3O3/c15-9-3-1-2-8(6-9)7-11(13(16)20)18-14(21)10-4-5-12(19)17-10/h1-3,6,10-11H,4-5,7H2,(H2,16,20)(H,17,19)(H,18,21)/t10-,11+/m0/s1. The number of rotatable bonds is 5. The van der Waals surface area contributed by atoms with Gasteiger partial charge < -0.3 is 16.4 Å². The maximum absolute atomic E-state index is 12.0.